The summed E-state index contributed by atoms with van der Waals surface area (Å²) in [4.78, 5) is 12.5. The minimum Gasteiger partial charge on any atom is -0.394 e. The standard InChI is InChI=1S/C13H18ClN5O/c1-2-3-4-9(7-20)17-12-11-10(18-13(15)19-12)5-8(14)6-16-11/h5-6,9,20H,2-4,7H2,1H3,(H3,15,17,18,19). The largest absolute Gasteiger partial charge is 0.394 e. The van der Waals surface area contributed by atoms with Gasteiger partial charge in [0.1, 0.15) is 5.52 Å². The topological polar surface area (TPSA) is 97.0 Å². The molecule has 6 nitrogen and oxygen atoms in total. The third-order valence-corrected chi connectivity index (χ3v) is 3.19. The number of halogens is 1. The van der Waals surface area contributed by atoms with E-state index in [1.807, 2.05) is 0 Å². The van der Waals surface area contributed by atoms with Crippen molar-refractivity contribution in [2.75, 3.05) is 17.7 Å². The molecule has 0 amide bonds. The van der Waals surface area contributed by atoms with Crippen LogP contribution in [0.3, 0.4) is 0 Å². The monoisotopic (exact) mass is 295 g/mol. The van der Waals surface area contributed by atoms with Gasteiger partial charge in [0.05, 0.1) is 23.2 Å². The number of nitrogen functional groups attached to an aromatic ring is 1. The van der Waals surface area contributed by atoms with Crippen LogP contribution in [-0.2, 0) is 0 Å². The molecule has 0 saturated carbocycles. The van der Waals surface area contributed by atoms with Crippen LogP contribution in [0.4, 0.5) is 11.8 Å². The van der Waals surface area contributed by atoms with Gasteiger partial charge in [-0.2, -0.15) is 4.98 Å². The quantitative estimate of drug-likeness (QED) is 0.756. The van der Waals surface area contributed by atoms with E-state index in [0.717, 1.165) is 19.3 Å². The van der Waals surface area contributed by atoms with Crippen LogP contribution in [0.1, 0.15) is 26.2 Å². The first-order valence-electron chi connectivity index (χ1n) is 6.60. The molecule has 108 valence electrons. The summed E-state index contributed by atoms with van der Waals surface area (Å²) >= 11 is 5.90. The Morgan fingerprint density at radius 2 is 2.25 bits per heavy atom. The van der Waals surface area contributed by atoms with Gasteiger partial charge in [-0.1, -0.05) is 31.4 Å². The summed E-state index contributed by atoms with van der Waals surface area (Å²) in [5.41, 5.74) is 6.88. The molecule has 0 aliphatic rings. The number of unbranched alkanes of at least 4 members (excludes halogenated alkanes) is 1. The lowest BCUT2D eigenvalue weighted by molar-refractivity contribution is 0.267. The number of nitrogens with one attached hydrogen (secondary N) is 1. The second-order valence-corrected chi connectivity index (χ2v) is 5.05. The number of aliphatic hydroxyl groups is 1. The van der Waals surface area contributed by atoms with E-state index in [0.29, 0.717) is 21.9 Å². The van der Waals surface area contributed by atoms with Crippen molar-refractivity contribution < 1.29 is 5.11 Å². The molecule has 0 radical (unpaired) electrons. The molecule has 2 aromatic rings. The maximum Gasteiger partial charge on any atom is 0.222 e. The predicted molar refractivity (Wildman–Crippen MR) is 80.8 cm³/mol. The van der Waals surface area contributed by atoms with Crippen molar-refractivity contribution in [1.82, 2.24) is 15.0 Å². The molecule has 0 fully saturated rings. The van der Waals surface area contributed by atoms with Gasteiger partial charge in [0, 0.05) is 6.20 Å². The van der Waals surface area contributed by atoms with Gasteiger partial charge in [-0.15, -0.1) is 0 Å². The van der Waals surface area contributed by atoms with Gasteiger partial charge in [0.25, 0.3) is 0 Å². The Kier molecular flexibility index (Phi) is 4.92. The van der Waals surface area contributed by atoms with Gasteiger partial charge in [0.15, 0.2) is 5.82 Å². The van der Waals surface area contributed by atoms with E-state index in [4.69, 9.17) is 17.3 Å². The minimum absolute atomic E-state index is 0.0268. The zero-order chi connectivity index (χ0) is 14.5. The predicted octanol–water partition coefficient (Wildman–Crippen LogP) is 2.22. The van der Waals surface area contributed by atoms with Crippen molar-refractivity contribution in [1.29, 1.82) is 0 Å². The highest BCUT2D eigenvalue weighted by Crippen LogP contribution is 2.22. The molecule has 2 aromatic heterocycles. The number of nitrogens with zero attached hydrogens (tertiary/aromatic N) is 3. The van der Waals surface area contributed by atoms with Gasteiger partial charge in [-0.05, 0) is 12.5 Å². The second-order valence-electron chi connectivity index (χ2n) is 4.62. The summed E-state index contributed by atoms with van der Waals surface area (Å²) in [5, 5.41) is 13.1. The Labute approximate surface area is 122 Å². The fraction of sp³-hybridized carbons (Fsp3) is 0.462. The number of nitrogens with two attached hydrogens (primary N) is 1. The summed E-state index contributed by atoms with van der Waals surface area (Å²) in [6, 6.07) is 1.61. The average Bonchev–Trinajstić information content (AvgIpc) is 2.42. The first-order chi connectivity index (χ1) is 9.63. The molecule has 0 bridgehead atoms. The SMILES string of the molecule is CCCCC(CO)Nc1nc(N)nc2cc(Cl)cnc12. The smallest absolute Gasteiger partial charge is 0.222 e. The molecule has 4 N–H and O–H groups in total. The Morgan fingerprint density at radius 3 is 2.95 bits per heavy atom. The number of rotatable bonds is 6. The van der Waals surface area contributed by atoms with Crippen LogP contribution in [-0.4, -0.2) is 32.7 Å². The molecular formula is C13H18ClN5O. The van der Waals surface area contributed by atoms with Crippen LogP contribution in [0.15, 0.2) is 12.3 Å². The van der Waals surface area contributed by atoms with Crippen molar-refractivity contribution in [2.45, 2.75) is 32.2 Å². The number of hydrogen-bond donors (Lipinski definition) is 3. The van der Waals surface area contributed by atoms with Gasteiger partial charge < -0.3 is 16.2 Å². The maximum absolute atomic E-state index is 9.42. The van der Waals surface area contributed by atoms with Gasteiger partial charge >= 0.3 is 0 Å². The highest BCUT2D eigenvalue weighted by Gasteiger charge is 2.13. The molecule has 0 spiro atoms. The molecule has 2 rings (SSSR count). The average molecular weight is 296 g/mol. The van der Waals surface area contributed by atoms with E-state index >= 15 is 0 Å². The van der Waals surface area contributed by atoms with E-state index < -0.39 is 0 Å². The number of aliphatic hydroxyl groups excluding tert-OH is 1. The second kappa shape index (κ2) is 6.67. The molecule has 1 atom stereocenters. The maximum atomic E-state index is 9.42. The minimum atomic E-state index is -0.0788. The van der Waals surface area contributed by atoms with E-state index in [2.05, 4.69) is 27.2 Å². The van der Waals surface area contributed by atoms with Crippen molar-refractivity contribution in [3.05, 3.63) is 17.3 Å². The van der Waals surface area contributed by atoms with Gasteiger partial charge in [0.2, 0.25) is 5.95 Å². The first-order valence-corrected chi connectivity index (χ1v) is 6.98. The van der Waals surface area contributed by atoms with E-state index in [9.17, 15) is 5.11 Å². The molecule has 0 aromatic carbocycles. The third-order valence-electron chi connectivity index (χ3n) is 2.99. The zero-order valence-corrected chi connectivity index (χ0v) is 12.1. The van der Waals surface area contributed by atoms with Crippen molar-refractivity contribution >= 4 is 34.4 Å². The lowest BCUT2D eigenvalue weighted by Gasteiger charge is -2.17. The van der Waals surface area contributed by atoms with Gasteiger partial charge in [-0.3, -0.25) is 0 Å². The number of aromatic nitrogens is 3. The highest BCUT2D eigenvalue weighted by molar-refractivity contribution is 6.31. The highest BCUT2D eigenvalue weighted by atomic mass is 35.5. The number of anilines is 2. The lowest BCUT2D eigenvalue weighted by atomic mass is 10.1. The fourth-order valence-electron chi connectivity index (χ4n) is 1.97. The normalized spacial score (nSPS) is 12.6. The summed E-state index contributed by atoms with van der Waals surface area (Å²) in [5.74, 6) is 0.676. The Bertz CT molecular complexity index is 587. The van der Waals surface area contributed by atoms with E-state index in [1.54, 1.807) is 6.07 Å². The number of pyridine rings is 1. The van der Waals surface area contributed by atoms with Crippen LogP contribution in [0.2, 0.25) is 5.02 Å². The summed E-state index contributed by atoms with van der Waals surface area (Å²) in [6.45, 7) is 2.13. The molecule has 0 saturated heterocycles. The van der Waals surface area contributed by atoms with Crippen LogP contribution in [0, 0.1) is 0 Å². The summed E-state index contributed by atoms with van der Waals surface area (Å²) in [7, 11) is 0. The van der Waals surface area contributed by atoms with Crippen molar-refractivity contribution in [2.24, 2.45) is 0 Å². The molecule has 20 heavy (non-hydrogen) atoms. The third kappa shape index (κ3) is 3.46. The van der Waals surface area contributed by atoms with Crippen LogP contribution in [0.25, 0.3) is 11.0 Å². The first kappa shape index (κ1) is 14.7. The fourth-order valence-corrected chi connectivity index (χ4v) is 2.12. The summed E-state index contributed by atoms with van der Waals surface area (Å²) in [6.07, 6.45) is 4.48. The number of fused-ring (bicyclic) bond motifs is 1. The van der Waals surface area contributed by atoms with Crippen LogP contribution < -0.4 is 11.1 Å². The molecule has 0 aliphatic carbocycles. The van der Waals surface area contributed by atoms with E-state index in [1.165, 1.54) is 6.20 Å². The van der Waals surface area contributed by atoms with E-state index in [-0.39, 0.29) is 18.6 Å². The Hall–Kier alpha value is -1.66. The van der Waals surface area contributed by atoms with Crippen molar-refractivity contribution in [3.8, 4) is 0 Å². The molecule has 7 heteroatoms. The van der Waals surface area contributed by atoms with Gasteiger partial charge in [-0.25, -0.2) is 9.97 Å². The van der Waals surface area contributed by atoms with Crippen LogP contribution >= 0.6 is 11.6 Å². The van der Waals surface area contributed by atoms with Crippen molar-refractivity contribution in [3.63, 3.8) is 0 Å². The molecule has 0 aliphatic heterocycles. The Balaban J connectivity index is 2.32. The number of hydrogen-bond acceptors (Lipinski definition) is 6. The lowest BCUT2D eigenvalue weighted by Crippen LogP contribution is -2.24. The van der Waals surface area contributed by atoms with Crippen LogP contribution in [0.5, 0.6) is 0 Å². The molecular weight excluding hydrogens is 278 g/mol. The molecule has 1 unspecified atom stereocenters. The molecule has 2 heterocycles. The Morgan fingerprint density at radius 1 is 1.45 bits per heavy atom. The summed E-state index contributed by atoms with van der Waals surface area (Å²) < 4.78 is 0. The zero-order valence-electron chi connectivity index (χ0n) is 11.3.